The van der Waals surface area contributed by atoms with E-state index in [0.29, 0.717) is 5.56 Å². The first-order valence-electron chi connectivity index (χ1n) is 8.30. The molecule has 2 aromatic carbocycles. The van der Waals surface area contributed by atoms with Crippen LogP contribution in [0.1, 0.15) is 28.9 Å². The number of anilines is 1. The molecule has 1 N–H and O–H groups in total. The minimum absolute atomic E-state index is 0.196. The molecule has 0 aromatic heterocycles. The van der Waals surface area contributed by atoms with Crippen LogP contribution in [0, 0.1) is 0 Å². The molecule has 8 heteroatoms. The number of carbonyl (C=O) groups is 2. The number of ether oxygens (including phenoxy) is 1. The molecule has 0 fully saturated rings. The lowest BCUT2D eigenvalue weighted by molar-refractivity contribution is -0.119. The number of rotatable bonds is 7. The maximum atomic E-state index is 13.0. The third kappa shape index (κ3) is 5.15. The average molecular weight is 390 g/mol. The Bertz CT molecular complexity index is 913. The normalized spacial score (nSPS) is 12.4. The van der Waals surface area contributed by atoms with E-state index < -0.39 is 27.9 Å². The highest BCUT2D eigenvalue weighted by Gasteiger charge is 2.31. The fourth-order valence-electron chi connectivity index (χ4n) is 2.53. The van der Waals surface area contributed by atoms with Gasteiger partial charge < -0.3 is 10.1 Å². The van der Waals surface area contributed by atoms with Crippen LogP contribution in [-0.4, -0.2) is 44.5 Å². The van der Waals surface area contributed by atoms with Gasteiger partial charge in [0.2, 0.25) is 15.9 Å². The molecule has 0 aliphatic heterocycles. The molecule has 0 spiro atoms. The molecule has 0 heterocycles. The summed E-state index contributed by atoms with van der Waals surface area (Å²) < 4.78 is 30.1. The number of nitrogens with one attached hydrogen (secondary N) is 1. The Kier molecular flexibility index (Phi) is 6.70. The molecule has 0 radical (unpaired) electrons. The zero-order valence-electron chi connectivity index (χ0n) is 15.4. The Morgan fingerprint density at radius 3 is 2.26 bits per heavy atom. The van der Waals surface area contributed by atoms with Crippen LogP contribution in [0.5, 0.6) is 0 Å². The van der Waals surface area contributed by atoms with Crippen LogP contribution in [0.3, 0.4) is 0 Å². The minimum atomic E-state index is -3.64. The molecule has 144 valence electrons. The van der Waals surface area contributed by atoms with Crippen LogP contribution >= 0.6 is 0 Å². The Balaban J connectivity index is 2.39. The van der Waals surface area contributed by atoms with Crippen LogP contribution in [0.25, 0.3) is 0 Å². The van der Waals surface area contributed by atoms with E-state index in [4.69, 9.17) is 4.74 Å². The third-order valence-corrected chi connectivity index (χ3v) is 5.19. The Morgan fingerprint density at radius 2 is 1.67 bits per heavy atom. The lowest BCUT2D eigenvalue weighted by Gasteiger charge is -2.26. The minimum Gasteiger partial charge on any atom is -0.462 e. The number of hydrogen-bond acceptors (Lipinski definition) is 5. The number of nitrogens with zero attached hydrogens (tertiary/aromatic N) is 1. The monoisotopic (exact) mass is 390 g/mol. The molecule has 0 aliphatic carbocycles. The summed E-state index contributed by atoms with van der Waals surface area (Å²) >= 11 is 0. The lowest BCUT2D eigenvalue weighted by atomic mass is 10.1. The lowest BCUT2D eigenvalue weighted by Crippen LogP contribution is -2.38. The summed E-state index contributed by atoms with van der Waals surface area (Å²) in [7, 11) is -2.30. The number of para-hydroxylation sites is 1. The van der Waals surface area contributed by atoms with E-state index in [1.165, 1.54) is 13.1 Å². The standard InChI is InChI=1S/C19H22N2O5S/c1-4-26-19(23)15-12-8-9-13-16(15)20-18(22)17(21(2)27(3,24)25)14-10-6-5-7-11-14/h5-13,17H,4H2,1-3H3,(H,20,22)/t17-/m1/s1. The van der Waals surface area contributed by atoms with Crippen molar-refractivity contribution in [3.8, 4) is 0 Å². The highest BCUT2D eigenvalue weighted by Crippen LogP contribution is 2.25. The van der Waals surface area contributed by atoms with E-state index in [0.717, 1.165) is 10.6 Å². The molecule has 27 heavy (non-hydrogen) atoms. The van der Waals surface area contributed by atoms with Crippen molar-refractivity contribution >= 4 is 27.6 Å². The summed E-state index contributed by atoms with van der Waals surface area (Å²) in [5.74, 6) is -1.15. The molecule has 1 atom stereocenters. The van der Waals surface area contributed by atoms with Crippen molar-refractivity contribution in [1.29, 1.82) is 0 Å². The number of esters is 1. The largest absolute Gasteiger partial charge is 0.462 e. The second kappa shape index (κ2) is 8.79. The number of carbonyl (C=O) groups excluding carboxylic acids is 2. The Labute approximate surface area is 159 Å². The van der Waals surface area contributed by atoms with Crippen LogP contribution in [0.15, 0.2) is 54.6 Å². The van der Waals surface area contributed by atoms with Crippen molar-refractivity contribution in [3.05, 3.63) is 65.7 Å². The van der Waals surface area contributed by atoms with E-state index >= 15 is 0 Å². The first-order chi connectivity index (χ1) is 12.8. The maximum absolute atomic E-state index is 13.0. The Hall–Kier alpha value is -2.71. The molecule has 0 bridgehead atoms. The van der Waals surface area contributed by atoms with Crippen molar-refractivity contribution in [2.75, 3.05) is 25.2 Å². The second-order valence-corrected chi connectivity index (χ2v) is 7.89. The van der Waals surface area contributed by atoms with Gasteiger partial charge in [-0.1, -0.05) is 42.5 Å². The van der Waals surface area contributed by atoms with Gasteiger partial charge in [-0.15, -0.1) is 0 Å². The van der Waals surface area contributed by atoms with Gasteiger partial charge in [0, 0.05) is 7.05 Å². The summed E-state index contributed by atoms with van der Waals surface area (Å²) in [6, 6.07) is 13.9. The van der Waals surface area contributed by atoms with Crippen molar-refractivity contribution in [2.24, 2.45) is 0 Å². The zero-order chi connectivity index (χ0) is 20.0. The van der Waals surface area contributed by atoms with Crippen molar-refractivity contribution in [3.63, 3.8) is 0 Å². The van der Waals surface area contributed by atoms with E-state index in [2.05, 4.69) is 5.32 Å². The van der Waals surface area contributed by atoms with Gasteiger partial charge in [-0.25, -0.2) is 13.2 Å². The molecule has 0 aliphatic rings. The van der Waals surface area contributed by atoms with Crippen molar-refractivity contribution in [1.82, 2.24) is 4.31 Å². The zero-order valence-corrected chi connectivity index (χ0v) is 16.2. The fraction of sp³-hybridized carbons (Fsp3) is 0.263. The molecule has 2 aromatic rings. The highest BCUT2D eigenvalue weighted by molar-refractivity contribution is 7.88. The van der Waals surface area contributed by atoms with Gasteiger partial charge in [-0.2, -0.15) is 4.31 Å². The Morgan fingerprint density at radius 1 is 1.07 bits per heavy atom. The maximum Gasteiger partial charge on any atom is 0.340 e. The van der Waals surface area contributed by atoms with Crippen LogP contribution < -0.4 is 5.32 Å². The van der Waals surface area contributed by atoms with E-state index in [9.17, 15) is 18.0 Å². The molecular weight excluding hydrogens is 368 g/mol. The highest BCUT2D eigenvalue weighted by atomic mass is 32.2. The van der Waals surface area contributed by atoms with Gasteiger partial charge in [0.15, 0.2) is 0 Å². The smallest absolute Gasteiger partial charge is 0.340 e. The summed E-state index contributed by atoms with van der Waals surface area (Å²) in [6.07, 6.45) is 1.03. The number of likely N-dealkylation sites (N-methyl/N-ethyl adjacent to an activating group) is 1. The molecule has 7 nitrogen and oxygen atoms in total. The topological polar surface area (TPSA) is 92.8 Å². The van der Waals surface area contributed by atoms with Crippen molar-refractivity contribution in [2.45, 2.75) is 13.0 Å². The number of benzene rings is 2. The molecule has 0 unspecified atom stereocenters. The fourth-order valence-corrected chi connectivity index (χ4v) is 3.13. The summed E-state index contributed by atoms with van der Waals surface area (Å²) in [5.41, 5.74) is 0.960. The van der Waals surface area contributed by atoms with E-state index in [-0.39, 0.29) is 17.9 Å². The average Bonchev–Trinajstić information content (AvgIpc) is 2.62. The van der Waals surface area contributed by atoms with Crippen LogP contribution in [0.4, 0.5) is 5.69 Å². The number of amides is 1. The van der Waals surface area contributed by atoms with Crippen LogP contribution in [0.2, 0.25) is 0 Å². The molecule has 2 rings (SSSR count). The van der Waals surface area contributed by atoms with E-state index in [1.807, 2.05) is 0 Å². The van der Waals surface area contributed by atoms with Gasteiger partial charge >= 0.3 is 5.97 Å². The summed E-state index contributed by atoms with van der Waals surface area (Å²) in [5, 5.41) is 2.66. The number of sulfonamides is 1. The van der Waals surface area contributed by atoms with E-state index in [1.54, 1.807) is 55.5 Å². The predicted octanol–water partition coefficient (Wildman–Crippen LogP) is 2.43. The van der Waals surface area contributed by atoms with Crippen LogP contribution in [-0.2, 0) is 19.6 Å². The van der Waals surface area contributed by atoms with Gasteiger partial charge in [0.1, 0.15) is 6.04 Å². The molecule has 0 saturated carbocycles. The summed E-state index contributed by atoms with van der Waals surface area (Å²) in [6.45, 7) is 1.89. The van der Waals surface area contributed by atoms with Gasteiger partial charge in [-0.3, -0.25) is 4.79 Å². The third-order valence-electron chi connectivity index (χ3n) is 3.93. The van der Waals surface area contributed by atoms with Gasteiger partial charge in [-0.05, 0) is 24.6 Å². The van der Waals surface area contributed by atoms with Gasteiger partial charge in [0.25, 0.3) is 0 Å². The second-order valence-electron chi connectivity index (χ2n) is 5.85. The number of hydrogen-bond donors (Lipinski definition) is 1. The molecular formula is C19H22N2O5S. The first kappa shape index (κ1) is 20.6. The van der Waals surface area contributed by atoms with Gasteiger partial charge in [0.05, 0.1) is 24.1 Å². The van der Waals surface area contributed by atoms with Crippen molar-refractivity contribution < 1.29 is 22.7 Å². The first-order valence-corrected chi connectivity index (χ1v) is 10.2. The SMILES string of the molecule is CCOC(=O)c1ccccc1NC(=O)[C@@H](c1ccccc1)N(C)S(C)(=O)=O. The predicted molar refractivity (Wildman–Crippen MR) is 103 cm³/mol. The summed E-state index contributed by atoms with van der Waals surface area (Å²) in [4.78, 5) is 25.1. The quantitative estimate of drug-likeness (QED) is 0.733. The molecule has 0 saturated heterocycles. The molecule has 1 amide bonds.